The van der Waals surface area contributed by atoms with Crippen LogP contribution in [0.25, 0.3) is 68.3 Å². The van der Waals surface area contributed by atoms with E-state index in [1.165, 1.54) is 66.4 Å². The van der Waals surface area contributed by atoms with E-state index in [1.54, 1.807) is 6.20 Å². The van der Waals surface area contributed by atoms with Crippen molar-refractivity contribution >= 4 is 141 Å². The molecule has 0 bridgehead atoms. The second-order valence-electron chi connectivity index (χ2n) is 23.6. The average Bonchev–Trinajstić information content (AvgIpc) is 1.94. The summed E-state index contributed by atoms with van der Waals surface area (Å²) in [4.78, 5) is 13.4. The molecule has 432 valence electrons. The molecule has 0 saturated carbocycles. The number of hydrogen-bond donors (Lipinski definition) is 0. The summed E-state index contributed by atoms with van der Waals surface area (Å²) in [7, 11) is 8.30. The number of rotatable bonds is 4. The van der Waals surface area contributed by atoms with E-state index in [2.05, 4.69) is 278 Å². The van der Waals surface area contributed by atoms with Gasteiger partial charge in [0.15, 0.2) is 0 Å². The molecular weight excluding hydrogens is 1090 g/mol. The number of furan rings is 4. The number of aromatic nitrogens is 5. The Kier molecular flexibility index (Phi) is 15.1. The molecule has 4 aliphatic heterocycles. The minimum Gasteiger partial charge on any atom is -0.465 e. The molecule has 0 radical (unpaired) electrons. The second-order valence-corrected chi connectivity index (χ2v) is 23.6. The van der Waals surface area contributed by atoms with E-state index >= 15 is 0 Å². The summed E-state index contributed by atoms with van der Waals surface area (Å²) in [6.07, 6.45) is 27.3. The van der Waals surface area contributed by atoms with Crippen LogP contribution in [0.4, 0.5) is 23.3 Å². The van der Waals surface area contributed by atoms with Crippen LogP contribution in [0.1, 0.15) is 44.7 Å². The van der Waals surface area contributed by atoms with Crippen LogP contribution in [-0.4, -0.2) is 32.4 Å². The monoisotopic (exact) mass is 1160 g/mol. The Morgan fingerprint density at radius 3 is 1.41 bits per heavy atom. The van der Waals surface area contributed by atoms with Crippen molar-refractivity contribution in [2.24, 2.45) is 28.2 Å². The highest BCUT2D eigenvalue weighted by Crippen LogP contribution is 2.31. The highest BCUT2D eigenvalue weighted by Gasteiger charge is 2.41. The summed E-state index contributed by atoms with van der Waals surface area (Å²) >= 11 is 0. The van der Waals surface area contributed by atoms with Crippen molar-refractivity contribution < 1.29 is 35.9 Å². The number of para-hydroxylation sites is 3. The summed E-state index contributed by atoms with van der Waals surface area (Å²) in [5.74, 6) is 5.54. The number of nitrogens with zero attached hydrogens (tertiary/aromatic N) is 9. The predicted octanol–water partition coefficient (Wildman–Crippen LogP) is 10.9. The number of pyridine rings is 5. The molecule has 0 amide bonds. The van der Waals surface area contributed by atoms with Crippen LogP contribution >= 0.6 is 0 Å². The molecule has 16 rings (SSSR count). The van der Waals surface area contributed by atoms with E-state index in [4.69, 9.17) is 17.7 Å². The minimum absolute atomic E-state index is 0.163. The summed E-state index contributed by atoms with van der Waals surface area (Å²) in [6.45, 7) is 18.0. The van der Waals surface area contributed by atoms with Crippen LogP contribution in [0.2, 0.25) is 27.3 Å². The molecule has 0 fully saturated rings. The average molecular weight is 1160 g/mol. The van der Waals surface area contributed by atoms with E-state index in [-0.39, 0.29) is 27.4 Å². The zero-order valence-corrected chi connectivity index (χ0v) is 52.2. The Bertz CT molecular complexity index is 4790. The molecular formula is C71H71B4N9O4+4. The fourth-order valence-electron chi connectivity index (χ4n) is 12.8. The van der Waals surface area contributed by atoms with Crippen molar-refractivity contribution in [3.8, 4) is 0 Å². The summed E-state index contributed by atoms with van der Waals surface area (Å²) in [5, 5.41) is 4.66. The molecule has 13 heterocycles. The maximum atomic E-state index is 6.15. The molecule has 9 aromatic heterocycles. The van der Waals surface area contributed by atoms with Gasteiger partial charge in [-0.15, -0.1) is 0 Å². The first kappa shape index (κ1) is 57.1. The lowest BCUT2D eigenvalue weighted by atomic mass is 9.54. The molecule has 0 saturated heterocycles. The molecule has 3 aromatic carbocycles. The van der Waals surface area contributed by atoms with Gasteiger partial charge in [0, 0.05) is 80.2 Å². The normalized spacial score (nSPS) is 13.8. The zero-order chi connectivity index (χ0) is 61.1. The smallest absolute Gasteiger partial charge is 0.447 e. The predicted molar refractivity (Wildman–Crippen MR) is 363 cm³/mol. The van der Waals surface area contributed by atoms with Gasteiger partial charge < -0.3 is 17.7 Å². The highest BCUT2D eigenvalue weighted by atomic mass is 16.3. The molecule has 13 nitrogen and oxygen atoms in total. The van der Waals surface area contributed by atoms with E-state index in [1.807, 2.05) is 54.6 Å². The van der Waals surface area contributed by atoms with Gasteiger partial charge in [0.25, 0.3) is 23.3 Å². The Morgan fingerprint density at radius 1 is 0.386 bits per heavy atom. The van der Waals surface area contributed by atoms with E-state index < -0.39 is 0 Å². The van der Waals surface area contributed by atoms with Crippen LogP contribution in [0.3, 0.4) is 0 Å². The molecule has 0 spiro atoms. The van der Waals surface area contributed by atoms with Gasteiger partial charge in [-0.1, -0.05) is 60.7 Å². The van der Waals surface area contributed by atoms with Crippen molar-refractivity contribution in [2.45, 2.75) is 55.0 Å². The number of benzene rings is 3. The maximum absolute atomic E-state index is 6.15. The van der Waals surface area contributed by atoms with Crippen LogP contribution in [-0.2, 0) is 28.2 Å². The fraction of sp³-hybridized carbons (Fsp3) is 0.169. The SMILES string of the molecule is CB1c2c(oc3ncccc23)C=CN1c1cccc[n+]1C.CB1c2oc3ccccc3c2C=CN1c1cc(C)c(C)c[n+]1C.CB1c2oc3ccccc3c2C=CN1c1cc(C)cc[n+]1C.CB1c2oc3ccccc3c2C=CN1c1ccc(C)c[n+]1C. The Hall–Kier alpha value is -10.0. The summed E-state index contributed by atoms with van der Waals surface area (Å²) in [5.41, 5.74) is 16.6. The number of hydrogen-bond acceptors (Lipinski definition) is 9. The van der Waals surface area contributed by atoms with Gasteiger partial charge >= 0.3 is 27.4 Å². The number of fused-ring (bicyclic) bond motifs is 12. The highest BCUT2D eigenvalue weighted by molar-refractivity contribution is 6.79. The van der Waals surface area contributed by atoms with Crippen LogP contribution in [0, 0.1) is 27.7 Å². The standard InChI is InChI=1S/C19H20BN2O.2C18H18BN2O.C16H15BN3O/c1-13-11-18(21(4)12-14(13)2)22-10-9-16-15-7-5-6-8-17(15)23-19(16)20(22)3;1-13-8-10-20(3)17(12-13)21-11-9-15-14-6-4-5-7-16(14)22-18(15)19(21)2;1-13-8-9-17(20(3)12-13)21-11-10-15-14-6-4-5-7-16(14)22-18(15)19(21)2;1-17-15-12-6-5-9-18-16(12)21-13(15)8-11-20(17)14-7-3-4-10-19(14)2/h5-12H,1-4H3;2*4-12H,1-3H3;3-11H,1-2H3/q4*+1. The third-order valence-corrected chi connectivity index (χ3v) is 17.7. The van der Waals surface area contributed by atoms with Crippen molar-refractivity contribution in [1.82, 2.24) is 4.98 Å². The largest absolute Gasteiger partial charge is 0.465 e. The summed E-state index contributed by atoms with van der Waals surface area (Å²) < 4.78 is 32.8. The third kappa shape index (κ3) is 10.4. The molecule has 0 atom stereocenters. The van der Waals surface area contributed by atoms with Crippen molar-refractivity contribution in [3.05, 3.63) is 234 Å². The minimum atomic E-state index is 0.163. The molecule has 0 unspecified atom stereocenters. The molecule has 17 heteroatoms. The lowest BCUT2D eigenvalue weighted by Crippen LogP contribution is -2.50. The van der Waals surface area contributed by atoms with E-state index in [0.717, 1.165) is 62.3 Å². The van der Waals surface area contributed by atoms with Crippen LogP contribution < -0.4 is 60.0 Å². The lowest BCUT2D eigenvalue weighted by molar-refractivity contribution is -0.658. The maximum Gasteiger partial charge on any atom is 0.447 e. The lowest BCUT2D eigenvalue weighted by Gasteiger charge is -2.22. The van der Waals surface area contributed by atoms with Gasteiger partial charge in [-0.2, -0.15) is 0 Å². The van der Waals surface area contributed by atoms with Gasteiger partial charge in [0.05, 0.1) is 77.8 Å². The van der Waals surface area contributed by atoms with E-state index in [9.17, 15) is 0 Å². The van der Waals surface area contributed by atoms with E-state index in [0.29, 0.717) is 5.71 Å². The van der Waals surface area contributed by atoms with Gasteiger partial charge in [-0.25, -0.2) is 23.3 Å². The fourth-order valence-corrected chi connectivity index (χ4v) is 12.8. The van der Waals surface area contributed by atoms with Gasteiger partial charge in [-0.05, 0) is 144 Å². The quantitative estimate of drug-likeness (QED) is 0.126. The first-order valence-electron chi connectivity index (χ1n) is 30.2. The molecule has 0 N–H and O–H groups in total. The number of aryl methyl sites for hydroxylation is 8. The second kappa shape index (κ2) is 23.3. The molecule has 88 heavy (non-hydrogen) atoms. The van der Waals surface area contributed by atoms with Crippen LogP contribution in [0.15, 0.2) is 207 Å². The summed E-state index contributed by atoms with van der Waals surface area (Å²) in [6, 6.07) is 45.8. The van der Waals surface area contributed by atoms with Crippen molar-refractivity contribution in [1.29, 1.82) is 0 Å². The van der Waals surface area contributed by atoms with Gasteiger partial charge in [-0.3, -0.25) is 19.2 Å². The Morgan fingerprint density at radius 2 is 0.852 bits per heavy atom. The molecule has 12 aromatic rings. The third-order valence-electron chi connectivity index (χ3n) is 17.7. The van der Waals surface area contributed by atoms with Gasteiger partial charge in [0.1, 0.15) is 39.5 Å². The van der Waals surface area contributed by atoms with Crippen molar-refractivity contribution in [3.63, 3.8) is 0 Å². The first-order chi connectivity index (χ1) is 42.6. The number of anilines is 4. The topological polar surface area (TPSA) is 93.9 Å². The first-order valence-corrected chi connectivity index (χ1v) is 30.2. The molecule has 4 aliphatic rings. The zero-order valence-electron chi connectivity index (χ0n) is 52.2. The molecule has 0 aliphatic carbocycles. The van der Waals surface area contributed by atoms with Crippen LogP contribution in [0.5, 0.6) is 0 Å². The Labute approximate surface area is 516 Å². The van der Waals surface area contributed by atoms with Crippen molar-refractivity contribution in [2.75, 3.05) is 19.2 Å². The Balaban J connectivity index is 0.000000108. The van der Waals surface area contributed by atoms with Gasteiger partial charge in [0.2, 0.25) is 5.71 Å².